The Morgan fingerprint density at radius 2 is 1.82 bits per heavy atom. The smallest absolute Gasteiger partial charge is 0.253 e. The second-order valence-electron chi connectivity index (χ2n) is 4.19. The molecule has 0 N–H and O–H groups in total. The minimum absolute atomic E-state index is 0.0206. The molecule has 1 aliphatic rings. The average molecular weight is 296 g/mol. The first-order valence-electron chi connectivity index (χ1n) is 5.73. The van der Waals surface area contributed by atoms with Crippen LogP contribution in [0.15, 0.2) is 28.7 Å². The number of ketones is 1. The average Bonchev–Trinajstić information content (AvgIpc) is 2.54. The van der Waals surface area contributed by atoms with E-state index in [9.17, 15) is 9.59 Å². The third-order valence-electron chi connectivity index (χ3n) is 2.92. The van der Waals surface area contributed by atoms with Gasteiger partial charge in [0.25, 0.3) is 5.91 Å². The Morgan fingerprint density at radius 3 is 2.53 bits per heavy atom. The predicted octanol–water partition coefficient (Wildman–Crippen LogP) is 2.64. The highest BCUT2D eigenvalue weighted by Crippen LogP contribution is 2.14. The van der Waals surface area contributed by atoms with Gasteiger partial charge in [0.15, 0.2) is 0 Å². The summed E-state index contributed by atoms with van der Waals surface area (Å²) in [5.41, 5.74) is 0.683. The highest BCUT2D eigenvalue weighted by molar-refractivity contribution is 9.10. The maximum atomic E-state index is 12.2. The zero-order valence-electron chi connectivity index (χ0n) is 9.49. The van der Waals surface area contributed by atoms with Crippen molar-refractivity contribution < 1.29 is 9.59 Å². The fraction of sp³-hybridized carbons (Fsp3) is 0.385. The van der Waals surface area contributed by atoms with Gasteiger partial charge in [-0.05, 0) is 30.7 Å². The molecule has 1 aromatic carbocycles. The molecule has 0 aliphatic carbocycles. The minimum atomic E-state index is 0.0206. The molecule has 0 aromatic heterocycles. The zero-order chi connectivity index (χ0) is 12.3. The molecular formula is C13H14BrNO2. The summed E-state index contributed by atoms with van der Waals surface area (Å²) >= 11 is 3.34. The summed E-state index contributed by atoms with van der Waals surface area (Å²) in [5, 5.41) is 0. The number of carbonyl (C=O) groups is 2. The van der Waals surface area contributed by atoms with E-state index in [1.807, 2.05) is 12.1 Å². The molecule has 0 atom stereocenters. The summed E-state index contributed by atoms with van der Waals surface area (Å²) in [5.74, 6) is 0.281. The van der Waals surface area contributed by atoms with E-state index >= 15 is 0 Å². The summed E-state index contributed by atoms with van der Waals surface area (Å²) in [4.78, 5) is 25.2. The van der Waals surface area contributed by atoms with Gasteiger partial charge in [0.1, 0.15) is 5.78 Å². The molecule has 1 heterocycles. The monoisotopic (exact) mass is 295 g/mol. The van der Waals surface area contributed by atoms with Crippen molar-refractivity contribution in [1.82, 2.24) is 4.90 Å². The molecule has 1 fully saturated rings. The molecule has 1 aromatic rings. The lowest BCUT2D eigenvalue weighted by molar-refractivity contribution is -0.118. The molecule has 0 unspecified atom stereocenters. The predicted molar refractivity (Wildman–Crippen MR) is 68.9 cm³/mol. The summed E-state index contributed by atoms with van der Waals surface area (Å²) < 4.78 is 0.958. The fourth-order valence-electron chi connectivity index (χ4n) is 1.94. The third kappa shape index (κ3) is 3.16. The molecule has 1 saturated heterocycles. The van der Waals surface area contributed by atoms with Crippen LogP contribution in [0.3, 0.4) is 0 Å². The fourth-order valence-corrected chi connectivity index (χ4v) is 2.21. The molecule has 0 saturated carbocycles. The maximum Gasteiger partial charge on any atom is 0.253 e. The Balaban J connectivity index is 2.08. The number of amides is 1. The topological polar surface area (TPSA) is 37.4 Å². The van der Waals surface area contributed by atoms with E-state index in [-0.39, 0.29) is 11.7 Å². The Morgan fingerprint density at radius 1 is 1.12 bits per heavy atom. The van der Waals surface area contributed by atoms with Crippen molar-refractivity contribution in [2.24, 2.45) is 0 Å². The molecular weight excluding hydrogens is 282 g/mol. The lowest BCUT2D eigenvalue weighted by Crippen LogP contribution is -2.32. The van der Waals surface area contributed by atoms with Crippen LogP contribution in [-0.2, 0) is 4.79 Å². The van der Waals surface area contributed by atoms with Gasteiger partial charge in [0.05, 0.1) is 0 Å². The van der Waals surface area contributed by atoms with Crippen molar-refractivity contribution in [3.63, 3.8) is 0 Å². The van der Waals surface area contributed by atoms with Crippen LogP contribution in [0.25, 0.3) is 0 Å². The first-order valence-corrected chi connectivity index (χ1v) is 6.52. The Labute approximate surface area is 109 Å². The van der Waals surface area contributed by atoms with E-state index in [1.165, 1.54) is 0 Å². The summed E-state index contributed by atoms with van der Waals surface area (Å²) in [6, 6.07) is 7.32. The van der Waals surface area contributed by atoms with Gasteiger partial charge >= 0.3 is 0 Å². The standard InChI is InChI=1S/C13H14BrNO2/c14-11-5-3-10(4-6-11)13(17)15-8-1-2-12(16)7-9-15/h3-6H,1-2,7-9H2. The minimum Gasteiger partial charge on any atom is -0.338 e. The number of Topliss-reactive ketones (excluding diaryl/α,β-unsaturated/α-hetero) is 1. The number of hydrogen-bond acceptors (Lipinski definition) is 2. The van der Waals surface area contributed by atoms with Crippen molar-refractivity contribution in [1.29, 1.82) is 0 Å². The van der Waals surface area contributed by atoms with E-state index in [0.717, 1.165) is 10.9 Å². The molecule has 1 aliphatic heterocycles. The van der Waals surface area contributed by atoms with Gasteiger partial charge in [0.2, 0.25) is 0 Å². The van der Waals surface area contributed by atoms with E-state index < -0.39 is 0 Å². The van der Waals surface area contributed by atoms with Crippen molar-refractivity contribution in [3.05, 3.63) is 34.3 Å². The van der Waals surface area contributed by atoms with Crippen LogP contribution in [0.2, 0.25) is 0 Å². The number of likely N-dealkylation sites (tertiary alicyclic amines) is 1. The molecule has 17 heavy (non-hydrogen) atoms. The first-order chi connectivity index (χ1) is 8.16. The Hall–Kier alpha value is -1.16. The van der Waals surface area contributed by atoms with Crippen molar-refractivity contribution in [2.45, 2.75) is 19.3 Å². The van der Waals surface area contributed by atoms with Crippen LogP contribution in [0.5, 0.6) is 0 Å². The number of benzene rings is 1. The molecule has 0 bridgehead atoms. The lowest BCUT2D eigenvalue weighted by atomic mass is 10.2. The highest BCUT2D eigenvalue weighted by atomic mass is 79.9. The number of hydrogen-bond donors (Lipinski definition) is 0. The normalized spacial score (nSPS) is 16.8. The summed E-state index contributed by atoms with van der Waals surface area (Å²) in [7, 11) is 0. The van der Waals surface area contributed by atoms with Gasteiger partial charge in [-0.25, -0.2) is 0 Å². The van der Waals surface area contributed by atoms with Gasteiger partial charge < -0.3 is 4.90 Å². The van der Waals surface area contributed by atoms with Gasteiger partial charge in [-0.15, -0.1) is 0 Å². The molecule has 3 nitrogen and oxygen atoms in total. The second kappa shape index (κ2) is 5.45. The molecule has 0 radical (unpaired) electrons. The first kappa shape index (κ1) is 12.3. The van der Waals surface area contributed by atoms with E-state index in [2.05, 4.69) is 15.9 Å². The van der Waals surface area contributed by atoms with E-state index in [0.29, 0.717) is 31.5 Å². The molecule has 4 heteroatoms. The quantitative estimate of drug-likeness (QED) is 0.799. The van der Waals surface area contributed by atoms with Crippen LogP contribution in [0.4, 0.5) is 0 Å². The summed E-state index contributed by atoms with van der Waals surface area (Å²) in [6.45, 7) is 1.23. The maximum absolute atomic E-state index is 12.2. The van der Waals surface area contributed by atoms with Crippen molar-refractivity contribution >= 4 is 27.6 Å². The molecule has 0 spiro atoms. The Kier molecular flexibility index (Phi) is 3.94. The molecule has 1 amide bonds. The third-order valence-corrected chi connectivity index (χ3v) is 3.45. The highest BCUT2D eigenvalue weighted by Gasteiger charge is 2.19. The summed E-state index contributed by atoms with van der Waals surface area (Å²) in [6.07, 6.45) is 1.87. The van der Waals surface area contributed by atoms with E-state index in [4.69, 9.17) is 0 Å². The van der Waals surface area contributed by atoms with Gasteiger partial charge in [-0.3, -0.25) is 9.59 Å². The number of nitrogens with zero attached hydrogens (tertiary/aromatic N) is 1. The van der Waals surface area contributed by atoms with Crippen LogP contribution >= 0.6 is 15.9 Å². The largest absolute Gasteiger partial charge is 0.338 e. The van der Waals surface area contributed by atoms with Crippen LogP contribution in [0, 0.1) is 0 Å². The van der Waals surface area contributed by atoms with Gasteiger partial charge in [0, 0.05) is 36.0 Å². The van der Waals surface area contributed by atoms with Crippen LogP contribution < -0.4 is 0 Å². The lowest BCUT2D eigenvalue weighted by Gasteiger charge is -2.19. The van der Waals surface area contributed by atoms with Gasteiger partial charge in [-0.2, -0.15) is 0 Å². The number of halogens is 1. The van der Waals surface area contributed by atoms with Crippen LogP contribution in [0.1, 0.15) is 29.6 Å². The number of rotatable bonds is 1. The zero-order valence-corrected chi connectivity index (χ0v) is 11.1. The van der Waals surface area contributed by atoms with Crippen molar-refractivity contribution in [2.75, 3.05) is 13.1 Å². The van der Waals surface area contributed by atoms with Crippen LogP contribution in [-0.4, -0.2) is 29.7 Å². The Bertz CT molecular complexity index is 428. The van der Waals surface area contributed by atoms with Gasteiger partial charge in [-0.1, -0.05) is 15.9 Å². The molecule has 2 rings (SSSR count). The number of carbonyl (C=O) groups excluding carboxylic acids is 2. The van der Waals surface area contributed by atoms with E-state index in [1.54, 1.807) is 17.0 Å². The molecule has 90 valence electrons. The SMILES string of the molecule is O=C1CCCN(C(=O)c2ccc(Br)cc2)CC1. The van der Waals surface area contributed by atoms with Crippen molar-refractivity contribution in [3.8, 4) is 0 Å². The second-order valence-corrected chi connectivity index (χ2v) is 5.11.